The average molecular weight is 172 g/mol. The Kier molecular flexibility index (Phi) is 2.93. The zero-order valence-electron chi connectivity index (χ0n) is 6.76. The Morgan fingerprint density at radius 2 is 2.55 bits per heavy atom. The maximum atomic E-state index is 11.0. The highest BCUT2D eigenvalue weighted by atomic mass is 32.2. The van der Waals surface area contributed by atoms with E-state index in [0.717, 1.165) is 10.9 Å². The van der Waals surface area contributed by atoms with Crippen molar-refractivity contribution in [3.05, 3.63) is 0 Å². The number of nitrogens with zero attached hydrogens (tertiary/aromatic N) is 1. The molecule has 1 aliphatic heterocycles. The van der Waals surface area contributed by atoms with E-state index in [9.17, 15) is 4.79 Å². The summed E-state index contributed by atoms with van der Waals surface area (Å²) in [5.41, 5.74) is 0. The van der Waals surface area contributed by atoms with E-state index in [1.54, 1.807) is 11.8 Å². The number of aliphatic imine (C=N–C) groups is 1. The first-order valence-corrected chi connectivity index (χ1v) is 4.69. The van der Waals surface area contributed by atoms with Crippen molar-refractivity contribution >= 4 is 22.7 Å². The van der Waals surface area contributed by atoms with Gasteiger partial charge in [-0.1, -0.05) is 18.7 Å². The Bertz CT molecular complexity index is 191. The monoisotopic (exact) mass is 172 g/mol. The van der Waals surface area contributed by atoms with Crippen LogP contribution in [0.1, 0.15) is 13.8 Å². The van der Waals surface area contributed by atoms with Crippen molar-refractivity contribution in [3.8, 4) is 0 Å². The van der Waals surface area contributed by atoms with Crippen LogP contribution in [0.5, 0.6) is 0 Å². The second-order valence-electron chi connectivity index (χ2n) is 2.39. The third-order valence-corrected chi connectivity index (χ3v) is 2.29. The molecule has 0 amide bonds. The molecule has 1 aliphatic rings. The fourth-order valence-electron chi connectivity index (χ4n) is 0.822. The number of carbonyl (C=O) groups excluding carboxylic acids is 1. The molecule has 0 saturated carbocycles. The van der Waals surface area contributed by atoms with Crippen LogP contribution < -0.4 is 5.32 Å². The van der Waals surface area contributed by atoms with Crippen LogP contribution in [0.25, 0.3) is 0 Å². The summed E-state index contributed by atoms with van der Waals surface area (Å²) in [4.78, 5) is 15.0. The summed E-state index contributed by atoms with van der Waals surface area (Å²) in [6.07, 6.45) is 0. The fraction of sp³-hybridized carbons (Fsp3) is 0.714. The van der Waals surface area contributed by atoms with E-state index in [2.05, 4.69) is 17.2 Å². The molecule has 3 nitrogen and oxygen atoms in total. The van der Waals surface area contributed by atoms with Crippen molar-refractivity contribution in [1.29, 1.82) is 0 Å². The lowest BCUT2D eigenvalue weighted by Gasteiger charge is -2.18. The van der Waals surface area contributed by atoms with Crippen LogP contribution in [0.15, 0.2) is 4.99 Å². The molecule has 1 rings (SSSR count). The van der Waals surface area contributed by atoms with Gasteiger partial charge in [0.05, 0.1) is 6.04 Å². The molecule has 1 atom stereocenters. The molecule has 0 aromatic rings. The van der Waals surface area contributed by atoms with Crippen LogP contribution in [-0.2, 0) is 4.79 Å². The van der Waals surface area contributed by atoms with Gasteiger partial charge in [0.25, 0.3) is 0 Å². The molecule has 0 aliphatic carbocycles. The summed E-state index contributed by atoms with van der Waals surface area (Å²) < 4.78 is 0. The number of carbonyl (C=O) groups is 1. The number of amidine groups is 1. The third kappa shape index (κ3) is 2.22. The Hall–Kier alpha value is -0.510. The number of ketones is 1. The maximum Gasteiger partial charge on any atom is 0.176 e. The molecule has 4 heteroatoms. The molecular weight excluding hydrogens is 160 g/mol. The van der Waals surface area contributed by atoms with Crippen LogP contribution in [0.4, 0.5) is 0 Å². The summed E-state index contributed by atoms with van der Waals surface area (Å²) in [5, 5.41) is 3.93. The lowest BCUT2D eigenvalue weighted by atomic mass is 10.2. The smallest absolute Gasteiger partial charge is 0.176 e. The molecule has 0 saturated heterocycles. The van der Waals surface area contributed by atoms with Crippen LogP contribution in [0.2, 0.25) is 0 Å². The van der Waals surface area contributed by atoms with Gasteiger partial charge < -0.3 is 5.32 Å². The molecule has 0 radical (unpaired) electrons. The van der Waals surface area contributed by atoms with E-state index in [1.165, 1.54) is 0 Å². The van der Waals surface area contributed by atoms with Crippen molar-refractivity contribution < 1.29 is 4.79 Å². The van der Waals surface area contributed by atoms with Gasteiger partial charge in [0.1, 0.15) is 6.54 Å². The summed E-state index contributed by atoms with van der Waals surface area (Å²) in [7, 11) is 0. The molecule has 0 aromatic heterocycles. The van der Waals surface area contributed by atoms with E-state index in [-0.39, 0.29) is 11.8 Å². The molecular formula is C7H12N2OS. The van der Waals surface area contributed by atoms with Crippen molar-refractivity contribution in [3.63, 3.8) is 0 Å². The quantitative estimate of drug-likeness (QED) is 0.631. The van der Waals surface area contributed by atoms with Crippen molar-refractivity contribution in [2.24, 2.45) is 4.99 Å². The largest absolute Gasteiger partial charge is 0.355 e. The topological polar surface area (TPSA) is 41.5 Å². The van der Waals surface area contributed by atoms with E-state index >= 15 is 0 Å². The van der Waals surface area contributed by atoms with Gasteiger partial charge in [0.2, 0.25) is 0 Å². The van der Waals surface area contributed by atoms with Gasteiger partial charge in [-0.15, -0.1) is 0 Å². The summed E-state index contributed by atoms with van der Waals surface area (Å²) >= 11 is 1.64. The lowest BCUT2D eigenvalue weighted by Crippen LogP contribution is -2.42. The molecule has 1 heterocycles. The Balaban J connectivity index is 2.51. The predicted molar refractivity (Wildman–Crippen MR) is 48.0 cm³/mol. The van der Waals surface area contributed by atoms with Crippen LogP contribution in [0.3, 0.4) is 0 Å². The second kappa shape index (κ2) is 3.76. The number of hydrogen-bond acceptors (Lipinski definition) is 4. The third-order valence-electron chi connectivity index (χ3n) is 1.48. The lowest BCUT2D eigenvalue weighted by molar-refractivity contribution is -0.119. The van der Waals surface area contributed by atoms with Crippen LogP contribution >= 0.6 is 11.8 Å². The Labute approximate surface area is 70.7 Å². The van der Waals surface area contributed by atoms with Gasteiger partial charge in [-0.3, -0.25) is 9.79 Å². The van der Waals surface area contributed by atoms with E-state index in [1.807, 2.05) is 6.92 Å². The van der Waals surface area contributed by atoms with Gasteiger partial charge in [-0.25, -0.2) is 0 Å². The summed E-state index contributed by atoms with van der Waals surface area (Å²) in [6, 6.07) is -0.0541. The van der Waals surface area contributed by atoms with Crippen LogP contribution in [0, 0.1) is 0 Å². The highest BCUT2D eigenvalue weighted by Crippen LogP contribution is 2.06. The molecule has 0 aromatic carbocycles. The van der Waals surface area contributed by atoms with Gasteiger partial charge >= 0.3 is 0 Å². The molecule has 0 bridgehead atoms. The SMILES string of the molecule is CCSC1=NCC(=O)[C@H](C)N1. The number of Topliss-reactive ketones (excluding diaryl/α,β-unsaturated/α-hetero) is 1. The Morgan fingerprint density at radius 1 is 1.82 bits per heavy atom. The van der Waals surface area contributed by atoms with E-state index in [0.29, 0.717) is 6.54 Å². The van der Waals surface area contributed by atoms with Crippen molar-refractivity contribution in [2.75, 3.05) is 12.3 Å². The minimum Gasteiger partial charge on any atom is -0.355 e. The van der Waals surface area contributed by atoms with Gasteiger partial charge in [0.15, 0.2) is 11.0 Å². The first-order valence-electron chi connectivity index (χ1n) is 3.70. The molecule has 62 valence electrons. The number of nitrogens with one attached hydrogen (secondary N) is 1. The maximum absolute atomic E-state index is 11.0. The zero-order chi connectivity index (χ0) is 8.27. The first-order chi connectivity index (χ1) is 5.24. The number of hydrogen-bond donors (Lipinski definition) is 1. The summed E-state index contributed by atoms with van der Waals surface area (Å²) in [5.74, 6) is 1.16. The van der Waals surface area contributed by atoms with Crippen molar-refractivity contribution in [2.45, 2.75) is 19.9 Å². The molecule has 1 N–H and O–H groups in total. The number of rotatable bonds is 1. The molecule has 0 spiro atoms. The molecule has 11 heavy (non-hydrogen) atoms. The highest BCUT2D eigenvalue weighted by molar-refractivity contribution is 8.13. The minimum atomic E-state index is -0.0541. The highest BCUT2D eigenvalue weighted by Gasteiger charge is 2.18. The zero-order valence-corrected chi connectivity index (χ0v) is 7.57. The standard InChI is InChI=1S/C7H12N2OS/c1-3-11-7-8-4-6(10)5(2)9-7/h5H,3-4H2,1-2H3,(H,8,9)/t5-/m0/s1. The van der Waals surface area contributed by atoms with Gasteiger partial charge in [-0.05, 0) is 12.7 Å². The van der Waals surface area contributed by atoms with E-state index in [4.69, 9.17) is 0 Å². The molecule has 0 fully saturated rings. The fourth-order valence-corrected chi connectivity index (χ4v) is 1.51. The van der Waals surface area contributed by atoms with Gasteiger partial charge in [-0.2, -0.15) is 0 Å². The summed E-state index contributed by atoms with van der Waals surface area (Å²) in [6.45, 7) is 4.28. The first kappa shape index (κ1) is 8.59. The van der Waals surface area contributed by atoms with Gasteiger partial charge in [0, 0.05) is 0 Å². The minimum absolute atomic E-state index is 0.0541. The Morgan fingerprint density at radius 3 is 3.09 bits per heavy atom. The van der Waals surface area contributed by atoms with Crippen molar-refractivity contribution in [1.82, 2.24) is 5.32 Å². The predicted octanol–water partition coefficient (Wildman–Crippen LogP) is 0.656. The second-order valence-corrected chi connectivity index (χ2v) is 3.64. The average Bonchev–Trinajstić information content (AvgIpc) is 1.98. The number of thioether (sulfide) groups is 1. The normalized spacial score (nSPS) is 24.4. The van der Waals surface area contributed by atoms with Crippen LogP contribution in [-0.4, -0.2) is 29.3 Å². The molecule has 0 unspecified atom stereocenters. The van der Waals surface area contributed by atoms with E-state index < -0.39 is 0 Å².